The molecule has 126 valence electrons. The van der Waals surface area contributed by atoms with Gasteiger partial charge >= 0.3 is 5.97 Å². The maximum atomic E-state index is 12.4. The van der Waals surface area contributed by atoms with Gasteiger partial charge < -0.3 is 10.1 Å². The lowest BCUT2D eigenvalue weighted by Gasteiger charge is -2.18. The van der Waals surface area contributed by atoms with Gasteiger partial charge in [0.1, 0.15) is 10.7 Å². The standard InChI is InChI=1S/C17H19N3O3S/c1-3-23-17(22)14-11-5-4-10(2)8-13(11)24-16(14)20-15(21)12-9-18-6-7-19-12/h6-7,9-10H,3-5,8H2,1-2H3,(H,20,21). The van der Waals surface area contributed by atoms with Crippen molar-refractivity contribution >= 4 is 28.2 Å². The largest absolute Gasteiger partial charge is 0.462 e. The van der Waals surface area contributed by atoms with E-state index < -0.39 is 0 Å². The fourth-order valence-corrected chi connectivity index (χ4v) is 4.24. The first kappa shape index (κ1) is 16.6. The molecule has 6 nitrogen and oxygen atoms in total. The average Bonchev–Trinajstić information content (AvgIpc) is 2.92. The highest BCUT2D eigenvalue weighted by atomic mass is 32.1. The van der Waals surface area contributed by atoms with Crippen LogP contribution in [0.3, 0.4) is 0 Å². The van der Waals surface area contributed by atoms with Crippen LogP contribution in [-0.2, 0) is 17.6 Å². The monoisotopic (exact) mass is 345 g/mol. The van der Waals surface area contributed by atoms with Crippen molar-refractivity contribution in [1.29, 1.82) is 0 Å². The molecule has 1 unspecified atom stereocenters. The summed E-state index contributed by atoms with van der Waals surface area (Å²) < 4.78 is 5.20. The lowest BCUT2D eigenvalue weighted by molar-refractivity contribution is 0.0526. The Labute approximate surface area is 144 Å². The molecule has 0 bridgehead atoms. The molecule has 2 heterocycles. The smallest absolute Gasteiger partial charge is 0.341 e. The van der Waals surface area contributed by atoms with E-state index in [0.29, 0.717) is 23.1 Å². The van der Waals surface area contributed by atoms with Crippen LogP contribution in [0.2, 0.25) is 0 Å². The number of hydrogen-bond acceptors (Lipinski definition) is 6. The number of rotatable bonds is 4. The second-order valence-corrected chi connectivity index (χ2v) is 6.93. The molecule has 3 rings (SSSR count). The summed E-state index contributed by atoms with van der Waals surface area (Å²) >= 11 is 1.46. The minimum atomic E-state index is -0.376. The van der Waals surface area contributed by atoms with Crippen LogP contribution in [0.5, 0.6) is 0 Å². The Morgan fingerprint density at radius 2 is 2.25 bits per heavy atom. The van der Waals surface area contributed by atoms with Crippen LogP contribution >= 0.6 is 11.3 Å². The highest BCUT2D eigenvalue weighted by molar-refractivity contribution is 7.17. The molecule has 0 saturated carbocycles. The maximum Gasteiger partial charge on any atom is 0.341 e. The summed E-state index contributed by atoms with van der Waals surface area (Å²) in [6.07, 6.45) is 7.16. The average molecular weight is 345 g/mol. The topological polar surface area (TPSA) is 81.2 Å². The van der Waals surface area contributed by atoms with Crippen LogP contribution < -0.4 is 5.32 Å². The Morgan fingerprint density at radius 3 is 2.96 bits per heavy atom. The lowest BCUT2D eigenvalue weighted by Crippen LogP contribution is -2.17. The molecule has 2 aromatic rings. The van der Waals surface area contributed by atoms with Gasteiger partial charge in [0, 0.05) is 17.3 Å². The van der Waals surface area contributed by atoms with Gasteiger partial charge in [0.25, 0.3) is 5.91 Å². The number of hydrogen-bond donors (Lipinski definition) is 1. The van der Waals surface area contributed by atoms with Gasteiger partial charge in [-0.1, -0.05) is 6.92 Å². The van der Waals surface area contributed by atoms with Gasteiger partial charge in [-0.15, -0.1) is 11.3 Å². The summed E-state index contributed by atoms with van der Waals surface area (Å²) in [5, 5.41) is 3.36. The third-order valence-electron chi connectivity index (χ3n) is 4.01. The number of carbonyl (C=O) groups is 2. The summed E-state index contributed by atoms with van der Waals surface area (Å²) in [5.41, 5.74) is 1.74. The predicted octanol–water partition coefficient (Wildman–Crippen LogP) is 3.09. The highest BCUT2D eigenvalue weighted by Gasteiger charge is 2.29. The Morgan fingerprint density at radius 1 is 1.42 bits per heavy atom. The van der Waals surface area contributed by atoms with E-state index in [4.69, 9.17) is 4.74 Å². The van der Waals surface area contributed by atoms with E-state index in [0.717, 1.165) is 29.7 Å². The molecule has 7 heteroatoms. The van der Waals surface area contributed by atoms with Crippen LogP contribution in [0.4, 0.5) is 5.00 Å². The highest BCUT2D eigenvalue weighted by Crippen LogP contribution is 2.40. The molecule has 1 atom stereocenters. The number of aromatic nitrogens is 2. The van der Waals surface area contributed by atoms with E-state index in [1.165, 1.54) is 29.9 Å². The van der Waals surface area contributed by atoms with Crippen LogP contribution in [0.1, 0.15) is 51.6 Å². The number of esters is 1. The van der Waals surface area contributed by atoms with Gasteiger partial charge in [-0.05, 0) is 37.7 Å². The third-order valence-corrected chi connectivity index (χ3v) is 5.18. The third kappa shape index (κ3) is 3.31. The van der Waals surface area contributed by atoms with E-state index in [-0.39, 0.29) is 17.6 Å². The van der Waals surface area contributed by atoms with Crippen molar-refractivity contribution in [2.45, 2.75) is 33.1 Å². The molecule has 1 aliphatic rings. The minimum Gasteiger partial charge on any atom is -0.462 e. The second-order valence-electron chi connectivity index (χ2n) is 5.82. The molecule has 1 aliphatic carbocycles. The van der Waals surface area contributed by atoms with E-state index in [1.54, 1.807) is 6.92 Å². The quantitative estimate of drug-likeness (QED) is 0.861. The van der Waals surface area contributed by atoms with Gasteiger partial charge in [0.2, 0.25) is 0 Å². The second kappa shape index (κ2) is 7.09. The summed E-state index contributed by atoms with van der Waals surface area (Å²) in [6, 6.07) is 0. The van der Waals surface area contributed by atoms with Crippen LogP contribution in [0.15, 0.2) is 18.6 Å². The summed E-state index contributed by atoms with van der Waals surface area (Å²) in [5.74, 6) is -0.172. The first-order chi connectivity index (χ1) is 11.6. The molecule has 24 heavy (non-hydrogen) atoms. The zero-order valence-electron chi connectivity index (χ0n) is 13.7. The van der Waals surface area contributed by atoms with E-state index >= 15 is 0 Å². The van der Waals surface area contributed by atoms with Crippen molar-refractivity contribution in [3.63, 3.8) is 0 Å². The van der Waals surface area contributed by atoms with Gasteiger partial charge in [0.05, 0.1) is 18.4 Å². The van der Waals surface area contributed by atoms with Gasteiger partial charge in [0.15, 0.2) is 0 Å². The van der Waals surface area contributed by atoms with Crippen LogP contribution in [0.25, 0.3) is 0 Å². The van der Waals surface area contributed by atoms with Gasteiger partial charge in [-0.2, -0.15) is 0 Å². The number of carbonyl (C=O) groups excluding carboxylic acids is 2. The molecule has 1 N–H and O–H groups in total. The van der Waals surface area contributed by atoms with Crippen molar-refractivity contribution in [3.05, 3.63) is 40.3 Å². The molecule has 0 spiro atoms. The molecule has 0 saturated heterocycles. The first-order valence-electron chi connectivity index (χ1n) is 7.99. The minimum absolute atomic E-state index is 0.215. The summed E-state index contributed by atoms with van der Waals surface area (Å²) in [6.45, 7) is 4.28. The number of amides is 1. The zero-order chi connectivity index (χ0) is 17.1. The Kier molecular flexibility index (Phi) is 4.89. The van der Waals surface area contributed by atoms with Gasteiger partial charge in [-0.3, -0.25) is 9.78 Å². The number of fused-ring (bicyclic) bond motifs is 1. The predicted molar refractivity (Wildman–Crippen MR) is 91.4 cm³/mol. The normalized spacial score (nSPS) is 16.3. The fraction of sp³-hybridized carbons (Fsp3) is 0.412. The molecule has 0 aliphatic heterocycles. The summed E-state index contributed by atoms with van der Waals surface area (Å²) in [7, 11) is 0. The van der Waals surface area contributed by atoms with E-state index in [1.807, 2.05) is 0 Å². The molecule has 0 fully saturated rings. The van der Waals surface area contributed by atoms with Crippen molar-refractivity contribution in [2.75, 3.05) is 11.9 Å². The fourth-order valence-electron chi connectivity index (χ4n) is 2.84. The molecule has 0 radical (unpaired) electrons. The van der Waals surface area contributed by atoms with E-state index in [9.17, 15) is 9.59 Å². The Hall–Kier alpha value is -2.28. The first-order valence-corrected chi connectivity index (χ1v) is 8.80. The molecule has 1 amide bonds. The van der Waals surface area contributed by atoms with Gasteiger partial charge in [-0.25, -0.2) is 9.78 Å². The number of thiophene rings is 1. The molecule has 0 aromatic carbocycles. The van der Waals surface area contributed by atoms with Crippen LogP contribution in [-0.4, -0.2) is 28.5 Å². The molecule has 2 aromatic heterocycles. The van der Waals surface area contributed by atoms with E-state index in [2.05, 4.69) is 22.2 Å². The molecular formula is C17H19N3O3S. The van der Waals surface area contributed by atoms with Crippen molar-refractivity contribution < 1.29 is 14.3 Å². The Bertz CT molecular complexity index is 758. The Balaban J connectivity index is 1.94. The molecular weight excluding hydrogens is 326 g/mol. The van der Waals surface area contributed by atoms with Crippen molar-refractivity contribution in [2.24, 2.45) is 5.92 Å². The lowest BCUT2D eigenvalue weighted by atomic mass is 9.88. The van der Waals surface area contributed by atoms with Crippen LogP contribution in [0, 0.1) is 5.92 Å². The zero-order valence-corrected chi connectivity index (χ0v) is 14.5. The van der Waals surface area contributed by atoms with Crippen molar-refractivity contribution in [1.82, 2.24) is 9.97 Å². The maximum absolute atomic E-state index is 12.4. The van der Waals surface area contributed by atoms with Crippen molar-refractivity contribution in [3.8, 4) is 0 Å². The summed E-state index contributed by atoms with van der Waals surface area (Å²) in [4.78, 5) is 33.8. The number of nitrogens with one attached hydrogen (secondary N) is 1. The number of nitrogens with zero attached hydrogens (tertiary/aromatic N) is 2. The number of anilines is 1. The SMILES string of the molecule is CCOC(=O)c1c(NC(=O)c2cnccn2)sc2c1CCC(C)C2. The number of ether oxygens (including phenoxy) is 1.